The first-order valence-electron chi connectivity index (χ1n) is 6.81. The topological polar surface area (TPSA) is 12.0 Å². The highest BCUT2D eigenvalue weighted by molar-refractivity contribution is 4.94. The van der Waals surface area contributed by atoms with Crippen molar-refractivity contribution in [3.05, 3.63) is 12.7 Å². The molecule has 1 atom stereocenters. The summed E-state index contributed by atoms with van der Waals surface area (Å²) in [5.41, 5.74) is 0.256. The summed E-state index contributed by atoms with van der Waals surface area (Å²) in [7, 11) is 0. The van der Waals surface area contributed by atoms with Gasteiger partial charge >= 0.3 is 0 Å². The third-order valence-electron chi connectivity index (χ3n) is 3.48. The van der Waals surface area contributed by atoms with Crippen molar-refractivity contribution in [1.29, 1.82) is 0 Å². The molecule has 0 saturated carbocycles. The third kappa shape index (κ3) is 6.32. The van der Waals surface area contributed by atoms with Crippen molar-refractivity contribution in [1.82, 2.24) is 5.32 Å². The molecular weight excluding hydrogens is 194 g/mol. The average Bonchev–Trinajstić information content (AvgIpc) is 2.25. The summed E-state index contributed by atoms with van der Waals surface area (Å²) in [4.78, 5) is 0. The molecule has 0 aromatic carbocycles. The fraction of sp³-hybridized carbons (Fsp3) is 0.867. The second-order valence-corrected chi connectivity index (χ2v) is 5.77. The molecular formula is C15H31N. The Hall–Kier alpha value is -0.300. The maximum absolute atomic E-state index is 4.01. The van der Waals surface area contributed by atoms with Gasteiger partial charge in [0.15, 0.2) is 0 Å². The molecule has 0 aliphatic rings. The van der Waals surface area contributed by atoms with E-state index in [1.165, 1.54) is 19.3 Å². The average molecular weight is 225 g/mol. The molecule has 0 heterocycles. The highest BCUT2D eigenvalue weighted by atomic mass is 14.9. The third-order valence-corrected chi connectivity index (χ3v) is 3.48. The SMILES string of the molecule is C=CC(C)(CNCC(C)C)CC(CC)CC. The molecule has 0 rings (SSSR count). The predicted octanol–water partition coefficient (Wildman–Crippen LogP) is 4.25. The zero-order chi connectivity index (χ0) is 12.6. The van der Waals surface area contributed by atoms with Crippen molar-refractivity contribution in [2.24, 2.45) is 17.3 Å². The van der Waals surface area contributed by atoms with Crippen LogP contribution in [0.1, 0.15) is 53.9 Å². The van der Waals surface area contributed by atoms with E-state index >= 15 is 0 Å². The Balaban J connectivity index is 4.13. The molecule has 1 heteroatoms. The lowest BCUT2D eigenvalue weighted by atomic mass is 9.79. The van der Waals surface area contributed by atoms with Crippen molar-refractivity contribution in [2.45, 2.75) is 53.9 Å². The minimum atomic E-state index is 0.256. The van der Waals surface area contributed by atoms with Crippen LogP contribution in [0.2, 0.25) is 0 Å². The van der Waals surface area contributed by atoms with Crippen LogP contribution in [-0.2, 0) is 0 Å². The summed E-state index contributed by atoms with van der Waals surface area (Å²) in [5, 5.41) is 3.56. The van der Waals surface area contributed by atoms with Crippen molar-refractivity contribution in [3.63, 3.8) is 0 Å². The minimum Gasteiger partial charge on any atom is -0.316 e. The smallest absolute Gasteiger partial charge is 0.00400 e. The fourth-order valence-electron chi connectivity index (χ4n) is 2.11. The Morgan fingerprint density at radius 1 is 1.25 bits per heavy atom. The van der Waals surface area contributed by atoms with Crippen molar-refractivity contribution in [3.8, 4) is 0 Å². The second kappa shape index (κ2) is 7.89. The zero-order valence-corrected chi connectivity index (χ0v) is 12.0. The molecule has 0 fully saturated rings. The van der Waals surface area contributed by atoms with E-state index in [2.05, 4.69) is 52.6 Å². The highest BCUT2D eigenvalue weighted by Crippen LogP contribution is 2.29. The van der Waals surface area contributed by atoms with Gasteiger partial charge in [0.1, 0.15) is 0 Å². The summed E-state index contributed by atoms with van der Waals surface area (Å²) in [6.45, 7) is 17.6. The summed E-state index contributed by atoms with van der Waals surface area (Å²) in [6.07, 6.45) is 5.96. The molecule has 0 bridgehead atoms. The first-order valence-corrected chi connectivity index (χ1v) is 6.81. The largest absolute Gasteiger partial charge is 0.316 e. The predicted molar refractivity (Wildman–Crippen MR) is 74.7 cm³/mol. The zero-order valence-electron chi connectivity index (χ0n) is 12.0. The molecule has 1 unspecified atom stereocenters. The molecule has 0 aromatic heterocycles. The normalized spacial score (nSPS) is 15.4. The van der Waals surface area contributed by atoms with Crippen molar-refractivity contribution < 1.29 is 0 Å². The maximum Gasteiger partial charge on any atom is 0.00400 e. The van der Waals surface area contributed by atoms with Crippen LogP contribution in [0, 0.1) is 17.3 Å². The van der Waals surface area contributed by atoms with E-state index in [0.29, 0.717) is 0 Å². The number of nitrogens with one attached hydrogen (secondary N) is 1. The lowest BCUT2D eigenvalue weighted by molar-refractivity contribution is 0.278. The molecule has 0 aromatic rings. The monoisotopic (exact) mass is 225 g/mol. The lowest BCUT2D eigenvalue weighted by Crippen LogP contribution is -2.33. The second-order valence-electron chi connectivity index (χ2n) is 5.77. The fourth-order valence-corrected chi connectivity index (χ4v) is 2.11. The van der Waals surface area contributed by atoms with E-state index in [0.717, 1.165) is 24.9 Å². The van der Waals surface area contributed by atoms with Crippen LogP contribution in [0.25, 0.3) is 0 Å². The molecule has 96 valence electrons. The highest BCUT2D eigenvalue weighted by Gasteiger charge is 2.23. The van der Waals surface area contributed by atoms with E-state index in [-0.39, 0.29) is 5.41 Å². The van der Waals surface area contributed by atoms with Gasteiger partial charge in [0.05, 0.1) is 0 Å². The van der Waals surface area contributed by atoms with Gasteiger partial charge in [-0.2, -0.15) is 0 Å². The van der Waals surface area contributed by atoms with Crippen LogP contribution in [0.3, 0.4) is 0 Å². The van der Waals surface area contributed by atoms with Crippen molar-refractivity contribution in [2.75, 3.05) is 13.1 Å². The van der Waals surface area contributed by atoms with E-state index < -0.39 is 0 Å². The first kappa shape index (κ1) is 15.7. The minimum absolute atomic E-state index is 0.256. The van der Waals surface area contributed by atoms with Gasteiger partial charge in [-0.15, -0.1) is 6.58 Å². The summed E-state index contributed by atoms with van der Waals surface area (Å²) >= 11 is 0. The number of hydrogen-bond acceptors (Lipinski definition) is 1. The number of rotatable bonds is 9. The summed E-state index contributed by atoms with van der Waals surface area (Å²) < 4.78 is 0. The summed E-state index contributed by atoms with van der Waals surface area (Å²) in [5.74, 6) is 1.56. The Morgan fingerprint density at radius 3 is 2.19 bits per heavy atom. The van der Waals surface area contributed by atoms with Gasteiger partial charge in [0.25, 0.3) is 0 Å². The Morgan fingerprint density at radius 2 is 1.81 bits per heavy atom. The molecule has 0 aliphatic heterocycles. The van der Waals surface area contributed by atoms with Gasteiger partial charge in [-0.1, -0.05) is 53.5 Å². The molecule has 0 radical (unpaired) electrons. The van der Waals surface area contributed by atoms with Crippen molar-refractivity contribution >= 4 is 0 Å². The molecule has 1 N–H and O–H groups in total. The van der Waals surface area contributed by atoms with Crippen LogP contribution >= 0.6 is 0 Å². The van der Waals surface area contributed by atoms with Gasteiger partial charge in [0.2, 0.25) is 0 Å². The van der Waals surface area contributed by atoms with E-state index in [4.69, 9.17) is 0 Å². The van der Waals surface area contributed by atoms with Crippen LogP contribution in [0.4, 0.5) is 0 Å². The molecule has 0 spiro atoms. The Labute approximate surface area is 103 Å². The van der Waals surface area contributed by atoms with E-state index in [9.17, 15) is 0 Å². The lowest BCUT2D eigenvalue weighted by Gasteiger charge is -2.30. The van der Waals surface area contributed by atoms with Crippen LogP contribution in [-0.4, -0.2) is 13.1 Å². The quantitative estimate of drug-likeness (QED) is 0.578. The van der Waals surface area contributed by atoms with Gasteiger partial charge in [-0.25, -0.2) is 0 Å². The molecule has 0 aliphatic carbocycles. The van der Waals surface area contributed by atoms with Gasteiger partial charge in [-0.05, 0) is 30.2 Å². The first-order chi connectivity index (χ1) is 7.47. The van der Waals surface area contributed by atoms with Gasteiger partial charge in [-0.3, -0.25) is 0 Å². The Kier molecular flexibility index (Phi) is 7.74. The van der Waals surface area contributed by atoms with E-state index in [1.807, 2.05) is 0 Å². The molecule has 0 amide bonds. The van der Waals surface area contributed by atoms with Crippen LogP contribution in [0.15, 0.2) is 12.7 Å². The summed E-state index contributed by atoms with van der Waals surface area (Å²) in [6, 6.07) is 0. The van der Waals surface area contributed by atoms with Gasteiger partial charge in [0, 0.05) is 6.54 Å². The van der Waals surface area contributed by atoms with Gasteiger partial charge < -0.3 is 5.32 Å². The standard InChI is InChI=1S/C15H31N/c1-7-14(8-2)10-15(6,9-3)12-16-11-13(4)5/h9,13-14,16H,3,7-8,10-12H2,1-2,4-6H3. The maximum atomic E-state index is 4.01. The van der Waals surface area contributed by atoms with Crippen LogP contribution in [0.5, 0.6) is 0 Å². The van der Waals surface area contributed by atoms with Crippen LogP contribution < -0.4 is 5.32 Å². The Bertz CT molecular complexity index is 182. The molecule has 1 nitrogen and oxygen atoms in total. The van der Waals surface area contributed by atoms with E-state index in [1.54, 1.807) is 0 Å². The molecule has 0 saturated heterocycles. The number of hydrogen-bond donors (Lipinski definition) is 1. The molecule has 16 heavy (non-hydrogen) atoms.